The van der Waals surface area contributed by atoms with E-state index in [0.29, 0.717) is 25.2 Å². The summed E-state index contributed by atoms with van der Waals surface area (Å²) in [6, 6.07) is 0. The van der Waals surface area contributed by atoms with Crippen molar-refractivity contribution in [3.63, 3.8) is 0 Å². The maximum absolute atomic E-state index is 9.95. The molecule has 1 saturated carbocycles. The van der Waals surface area contributed by atoms with E-state index < -0.39 is 0 Å². The lowest BCUT2D eigenvalue weighted by molar-refractivity contribution is -0.0501. The first-order valence-corrected chi connectivity index (χ1v) is 7.92. The normalized spacial score (nSPS) is 26.4. The van der Waals surface area contributed by atoms with Gasteiger partial charge in [-0.2, -0.15) is 0 Å². The van der Waals surface area contributed by atoms with Gasteiger partial charge in [0.1, 0.15) is 0 Å². The highest BCUT2D eigenvalue weighted by atomic mass is 16.5. The Morgan fingerprint density at radius 1 is 1.26 bits per heavy atom. The maximum Gasteiger partial charge on any atom is 0.0897 e. The number of aliphatic hydroxyl groups is 1. The van der Waals surface area contributed by atoms with Crippen LogP contribution in [0.3, 0.4) is 0 Å². The molecular formula is C16H33NO2. The zero-order valence-corrected chi connectivity index (χ0v) is 13.2. The summed E-state index contributed by atoms with van der Waals surface area (Å²) in [5, 5.41) is 13.3. The minimum absolute atomic E-state index is 0.261. The Morgan fingerprint density at radius 2 is 1.95 bits per heavy atom. The summed E-state index contributed by atoms with van der Waals surface area (Å²) in [5.74, 6) is 0.698. The largest absolute Gasteiger partial charge is 0.389 e. The third-order valence-corrected chi connectivity index (χ3v) is 3.90. The predicted molar refractivity (Wildman–Crippen MR) is 80.3 cm³/mol. The number of rotatable bonds is 7. The molecule has 0 aromatic carbocycles. The molecule has 0 amide bonds. The van der Waals surface area contributed by atoms with Gasteiger partial charge in [-0.3, -0.25) is 0 Å². The van der Waals surface area contributed by atoms with Crippen molar-refractivity contribution in [3.8, 4) is 0 Å². The summed E-state index contributed by atoms with van der Waals surface area (Å²) in [4.78, 5) is 0. The molecule has 0 aromatic rings. The minimum Gasteiger partial charge on any atom is -0.389 e. The molecular weight excluding hydrogens is 238 g/mol. The third-order valence-electron chi connectivity index (χ3n) is 3.90. The van der Waals surface area contributed by atoms with Crippen molar-refractivity contribution in [2.75, 3.05) is 19.7 Å². The van der Waals surface area contributed by atoms with Crippen LogP contribution in [0.5, 0.6) is 0 Å². The van der Waals surface area contributed by atoms with Crippen molar-refractivity contribution in [1.82, 2.24) is 5.32 Å². The number of hydrogen-bond donors (Lipinski definition) is 2. The Labute approximate surface area is 119 Å². The van der Waals surface area contributed by atoms with Gasteiger partial charge in [0.2, 0.25) is 0 Å². The number of nitrogens with one attached hydrogen (secondary N) is 1. The number of aliphatic hydroxyl groups excluding tert-OH is 1. The lowest BCUT2D eigenvalue weighted by atomic mass is 9.85. The topological polar surface area (TPSA) is 41.5 Å². The van der Waals surface area contributed by atoms with E-state index in [9.17, 15) is 5.11 Å². The van der Waals surface area contributed by atoms with Crippen LogP contribution >= 0.6 is 0 Å². The standard InChI is InChI=1S/C16H33NO2/c1-5-13-8-6-7-9-15(13)19-11-14(18)10-17-12-16(2,3)4/h13-15,17-18H,5-12H2,1-4H3. The highest BCUT2D eigenvalue weighted by molar-refractivity contribution is 4.76. The molecule has 1 rings (SSSR count). The predicted octanol–water partition coefficient (Wildman–Crippen LogP) is 2.97. The van der Waals surface area contributed by atoms with Crippen LogP contribution in [-0.4, -0.2) is 37.0 Å². The molecule has 114 valence electrons. The molecule has 1 aliphatic rings. The first-order chi connectivity index (χ1) is 8.92. The summed E-state index contributed by atoms with van der Waals surface area (Å²) in [6.45, 7) is 10.8. The van der Waals surface area contributed by atoms with Crippen LogP contribution in [0.4, 0.5) is 0 Å². The molecule has 0 bridgehead atoms. The molecule has 0 saturated heterocycles. The van der Waals surface area contributed by atoms with Crippen molar-refractivity contribution in [2.45, 2.75) is 72.0 Å². The van der Waals surface area contributed by atoms with Crippen LogP contribution in [0.2, 0.25) is 0 Å². The highest BCUT2D eigenvalue weighted by Crippen LogP contribution is 2.29. The van der Waals surface area contributed by atoms with Gasteiger partial charge in [0, 0.05) is 13.1 Å². The summed E-state index contributed by atoms with van der Waals surface area (Å²) in [5.41, 5.74) is 0.261. The molecule has 3 atom stereocenters. The average Bonchev–Trinajstić information content (AvgIpc) is 2.35. The first kappa shape index (κ1) is 16.9. The van der Waals surface area contributed by atoms with Crippen molar-refractivity contribution >= 4 is 0 Å². The Bertz CT molecular complexity index is 237. The van der Waals surface area contributed by atoms with Crippen molar-refractivity contribution < 1.29 is 9.84 Å². The summed E-state index contributed by atoms with van der Waals surface area (Å²) in [7, 11) is 0. The first-order valence-electron chi connectivity index (χ1n) is 7.92. The van der Waals surface area contributed by atoms with E-state index in [1.807, 2.05) is 0 Å². The molecule has 0 aliphatic heterocycles. The van der Waals surface area contributed by atoms with E-state index in [4.69, 9.17) is 4.74 Å². The van der Waals surface area contributed by atoms with Crippen LogP contribution in [-0.2, 0) is 4.74 Å². The van der Waals surface area contributed by atoms with Crippen molar-refractivity contribution in [1.29, 1.82) is 0 Å². The molecule has 3 heteroatoms. The van der Waals surface area contributed by atoms with Gasteiger partial charge in [-0.1, -0.05) is 47.0 Å². The van der Waals surface area contributed by atoms with Gasteiger partial charge in [-0.05, 0) is 24.2 Å². The van der Waals surface area contributed by atoms with Gasteiger partial charge in [-0.25, -0.2) is 0 Å². The fourth-order valence-corrected chi connectivity index (χ4v) is 2.77. The van der Waals surface area contributed by atoms with Crippen LogP contribution < -0.4 is 5.32 Å². The second kappa shape index (κ2) is 8.23. The van der Waals surface area contributed by atoms with Gasteiger partial charge < -0.3 is 15.2 Å². The summed E-state index contributed by atoms with van der Waals surface area (Å²) >= 11 is 0. The molecule has 2 N–H and O–H groups in total. The van der Waals surface area contributed by atoms with Crippen LogP contribution in [0.25, 0.3) is 0 Å². The van der Waals surface area contributed by atoms with Gasteiger partial charge in [0.25, 0.3) is 0 Å². The molecule has 19 heavy (non-hydrogen) atoms. The van der Waals surface area contributed by atoms with Crippen molar-refractivity contribution in [2.24, 2.45) is 11.3 Å². The van der Waals surface area contributed by atoms with Crippen molar-refractivity contribution in [3.05, 3.63) is 0 Å². The lowest BCUT2D eigenvalue weighted by Gasteiger charge is -2.31. The molecule has 1 aliphatic carbocycles. The average molecular weight is 271 g/mol. The molecule has 0 aromatic heterocycles. The second-order valence-corrected chi connectivity index (χ2v) is 7.17. The van der Waals surface area contributed by atoms with Crippen LogP contribution in [0.1, 0.15) is 59.8 Å². The fraction of sp³-hybridized carbons (Fsp3) is 1.00. The zero-order chi connectivity index (χ0) is 14.3. The number of hydrogen-bond acceptors (Lipinski definition) is 3. The molecule has 1 fully saturated rings. The highest BCUT2D eigenvalue weighted by Gasteiger charge is 2.24. The monoisotopic (exact) mass is 271 g/mol. The van der Waals surface area contributed by atoms with E-state index in [-0.39, 0.29) is 11.5 Å². The van der Waals surface area contributed by atoms with Gasteiger partial charge >= 0.3 is 0 Å². The van der Waals surface area contributed by atoms with E-state index in [1.165, 1.54) is 32.1 Å². The van der Waals surface area contributed by atoms with Crippen LogP contribution in [0.15, 0.2) is 0 Å². The Kier molecular flexibility index (Phi) is 7.33. The Morgan fingerprint density at radius 3 is 2.58 bits per heavy atom. The van der Waals surface area contributed by atoms with E-state index in [2.05, 4.69) is 33.0 Å². The summed E-state index contributed by atoms with van der Waals surface area (Å²) < 4.78 is 5.94. The van der Waals surface area contributed by atoms with E-state index >= 15 is 0 Å². The maximum atomic E-state index is 9.95. The minimum atomic E-state index is -0.387. The lowest BCUT2D eigenvalue weighted by Crippen LogP contribution is -2.37. The zero-order valence-electron chi connectivity index (χ0n) is 13.2. The fourth-order valence-electron chi connectivity index (χ4n) is 2.77. The quantitative estimate of drug-likeness (QED) is 0.748. The molecule has 0 spiro atoms. The molecule has 0 radical (unpaired) electrons. The SMILES string of the molecule is CCC1CCCCC1OCC(O)CNCC(C)(C)C. The second-order valence-electron chi connectivity index (χ2n) is 7.17. The molecule has 3 nitrogen and oxygen atoms in total. The smallest absolute Gasteiger partial charge is 0.0897 e. The Balaban J connectivity index is 2.16. The van der Waals surface area contributed by atoms with Gasteiger partial charge in [-0.15, -0.1) is 0 Å². The van der Waals surface area contributed by atoms with Crippen LogP contribution in [0, 0.1) is 11.3 Å². The number of ether oxygens (including phenoxy) is 1. The van der Waals surface area contributed by atoms with Gasteiger partial charge in [0.05, 0.1) is 18.8 Å². The Hall–Kier alpha value is -0.120. The van der Waals surface area contributed by atoms with E-state index in [1.54, 1.807) is 0 Å². The van der Waals surface area contributed by atoms with E-state index in [0.717, 1.165) is 6.54 Å². The van der Waals surface area contributed by atoms with Gasteiger partial charge in [0.15, 0.2) is 0 Å². The molecule has 0 heterocycles. The third kappa shape index (κ3) is 7.28. The summed E-state index contributed by atoms with van der Waals surface area (Å²) in [6.07, 6.45) is 6.26. The molecule has 3 unspecified atom stereocenters.